The van der Waals surface area contributed by atoms with Crippen molar-refractivity contribution in [2.45, 2.75) is 103 Å². The van der Waals surface area contributed by atoms with Crippen molar-refractivity contribution >= 4 is 6.09 Å². The minimum Gasteiger partial charge on any atom is -0.493 e. The lowest BCUT2D eigenvalue weighted by molar-refractivity contribution is -0.166. The number of amides is 1. The largest absolute Gasteiger partial charge is 0.493 e. The molecule has 1 aromatic carbocycles. The van der Waals surface area contributed by atoms with E-state index in [2.05, 4.69) is 5.32 Å². The molecule has 1 N–H and O–H groups in total. The van der Waals surface area contributed by atoms with Gasteiger partial charge in [0.05, 0.1) is 30.9 Å². The van der Waals surface area contributed by atoms with Gasteiger partial charge < -0.3 is 33.7 Å². The predicted octanol–water partition coefficient (Wildman–Crippen LogP) is 6.63. The molecule has 2 rings (SSSR count). The zero-order valence-electron chi connectivity index (χ0n) is 24.5. The van der Waals surface area contributed by atoms with Crippen molar-refractivity contribution in [3.05, 3.63) is 29.3 Å². The topological polar surface area (TPSA) is 84.5 Å². The summed E-state index contributed by atoms with van der Waals surface area (Å²) in [7, 11) is 1.48. The Morgan fingerprint density at radius 3 is 2.52 bits per heavy atom. The molecule has 1 aromatic rings. The monoisotopic (exact) mass is 577 g/mol. The van der Waals surface area contributed by atoms with Gasteiger partial charge in [0, 0.05) is 13.7 Å². The molecule has 0 spiro atoms. The summed E-state index contributed by atoms with van der Waals surface area (Å²) in [5, 5.41) is 2.94. The lowest BCUT2D eigenvalue weighted by atomic mass is 9.88. The van der Waals surface area contributed by atoms with Crippen LogP contribution in [0.5, 0.6) is 5.75 Å². The molecule has 2 atom stereocenters. The van der Waals surface area contributed by atoms with Gasteiger partial charge in [0.15, 0.2) is 6.29 Å². The first-order chi connectivity index (χ1) is 18.9. The summed E-state index contributed by atoms with van der Waals surface area (Å²) in [4.78, 5) is 12.9. The van der Waals surface area contributed by atoms with E-state index >= 15 is 0 Å². The normalized spacial score (nSPS) is 17.8. The Kier molecular flexibility index (Phi) is 14.0. The summed E-state index contributed by atoms with van der Waals surface area (Å²) < 4.78 is 74.9. The second-order valence-electron chi connectivity index (χ2n) is 11.1. The van der Waals surface area contributed by atoms with Crippen LogP contribution in [0.2, 0.25) is 0 Å². The van der Waals surface area contributed by atoms with Gasteiger partial charge in [-0.2, -0.15) is 13.2 Å². The van der Waals surface area contributed by atoms with E-state index in [4.69, 9.17) is 28.4 Å². The summed E-state index contributed by atoms with van der Waals surface area (Å²) in [6.45, 7) is 8.30. The SMILES string of the molecule is CCCCOc1ccc(CCC(CCOC2CCCCO2)(COCOC)NC(=O)OC(C)(C)C)cc1C(F)(F)F. The Morgan fingerprint density at radius 1 is 1.12 bits per heavy atom. The number of rotatable bonds is 16. The van der Waals surface area contributed by atoms with Crippen molar-refractivity contribution < 1.29 is 46.4 Å². The first kappa shape index (κ1) is 34.1. The van der Waals surface area contributed by atoms with Crippen molar-refractivity contribution in [2.24, 2.45) is 0 Å². The number of hydrogen-bond donors (Lipinski definition) is 1. The van der Waals surface area contributed by atoms with Gasteiger partial charge in [-0.3, -0.25) is 0 Å². The number of methoxy groups -OCH3 is 1. The Hall–Kier alpha value is -2.08. The van der Waals surface area contributed by atoms with E-state index in [0.717, 1.165) is 31.7 Å². The van der Waals surface area contributed by atoms with Gasteiger partial charge >= 0.3 is 12.3 Å². The molecule has 8 nitrogen and oxygen atoms in total. The smallest absolute Gasteiger partial charge is 0.419 e. The molecule has 0 aromatic heterocycles. The van der Waals surface area contributed by atoms with Gasteiger partial charge in [-0.25, -0.2) is 4.79 Å². The van der Waals surface area contributed by atoms with E-state index in [-0.39, 0.29) is 51.5 Å². The maximum absolute atomic E-state index is 13.9. The molecule has 0 aliphatic carbocycles. The predicted molar refractivity (Wildman–Crippen MR) is 144 cm³/mol. The summed E-state index contributed by atoms with van der Waals surface area (Å²) >= 11 is 0. The van der Waals surface area contributed by atoms with Crippen LogP contribution in [-0.4, -0.2) is 63.9 Å². The van der Waals surface area contributed by atoms with Crippen molar-refractivity contribution in [2.75, 3.05) is 40.3 Å². The van der Waals surface area contributed by atoms with Gasteiger partial charge in [0.2, 0.25) is 0 Å². The third kappa shape index (κ3) is 12.6. The van der Waals surface area contributed by atoms with Crippen LogP contribution >= 0.6 is 0 Å². The summed E-state index contributed by atoms with van der Waals surface area (Å²) in [6, 6.07) is 4.10. The molecule has 11 heteroatoms. The van der Waals surface area contributed by atoms with Gasteiger partial charge in [-0.15, -0.1) is 0 Å². The molecule has 1 heterocycles. The van der Waals surface area contributed by atoms with Crippen LogP contribution in [0.15, 0.2) is 18.2 Å². The van der Waals surface area contributed by atoms with Gasteiger partial charge in [0.25, 0.3) is 0 Å². The second-order valence-corrected chi connectivity index (χ2v) is 11.1. The third-order valence-corrected chi connectivity index (χ3v) is 6.36. The van der Waals surface area contributed by atoms with E-state index in [1.54, 1.807) is 26.8 Å². The Balaban J connectivity index is 2.27. The molecule has 2 unspecified atom stereocenters. The summed E-state index contributed by atoms with van der Waals surface area (Å²) in [5.41, 5.74) is -2.12. The molecule has 1 aliphatic rings. The first-order valence-electron chi connectivity index (χ1n) is 14.0. The van der Waals surface area contributed by atoms with E-state index in [1.807, 2.05) is 6.92 Å². The molecule has 1 saturated heterocycles. The first-order valence-corrected chi connectivity index (χ1v) is 14.0. The highest BCUT2D eigenvalue weighted by Gasteiger charge is 2.37. The molecule has 230 valence electrons. The fourth-order valence-electron chi connectivity index (χ4n) is 4.29. The van der Waals surface area contributed by atoms with E-state index < -0.39 is 29.0 Å². The molecule has 1 fully saturated rings. The number of benzene rings is 1. The fourth-order valence-corrected chi connectivity index (χ4v) is 4.29. The maximum Gasteiger partial charge on any atom is 0.419 e. The van der Waals surface area contributed by atoms with Crippen LogP contribution in [-0.2, 0) is 36.3 Å². The van der Waals surface area contributed by atoms with Crippen LogP contribution in [0.25, 0.3) is 0 Å². The highest BCUT2D eigenvalue weighted by atomic mass is 19.4. The number of carbonyl (C=O) groups excluding carboxylic acids is 1. The second kappa shape index (κ2) is 16.4. The number of alkyl halides is 3. The van der Waals surface area contributed by atoms with Crippen LogP contribution in [0, 0.1) is 0 Å². The number of aryl methyl sites for hydroxylation is 1. The minimum absolute atomic E-state index is 0.0215. The van der Waals surface area contributed by atoms with E-state index in [0.29, 0.717) is 25.0 Å². The maximum atomic E-state index is 13.9. The Morgan fingerprint density at radius 2 is 1.90 bits per heavy atom. The van der Waals surface area contributed by atoms with Crippen molar-refractivity contribution in [3.8, 4) is 5.75 Å². The number of halogens is 3. The lowest BCUT2D eigenvalue weighted by Gasteiger charge is -2.36. The molecule has 1 amide bonds. The van der Waals surface area contributed by atoms with Gasteiger partial charge in [-0.05, 0) is 83.4 Å². The number of alkyl carbamates (subject to hydrolysis) is 1. The molecular weight excluding hydrogens is 531 g/mol. The highest BCUT2D eigenvalue weighted by molar-refractivity contribution is 5.68. The molecule has 40 heavy (non-hydrogen) atoms. The Bertz CT molecular complexity index is 885. The van der Waals surface area contributed by atoms with Crippen LogP contribution < -0.4 is 10.1 Å². The van der Waals surface area contributed by atoms with E-state index in [9.17, 15) is 18.0 Å². The standard InChI is InChI=1S/C29H46F3NO7/c1-6-7-16-37-24-12-11-22(19-23(24)29(30,31)32)13-14-28(20-36-21-35-5,33-26(34)40-27(2,3)4)15-18-39-25-10-8-9-17-38-25/h11-12,19,25H,6-10,13-18,20-21H2,1-5H3,(H,33,34). The molecular formula is C29H46F3NO7. The number of hydrogen-bond acceptors (Lipinski definition) is 7. The number of ether oxygens (including phenoxy) is 6. The fraction of sp³-hybridized carbons (Fsp3) is 0.759. The van der Waals surface area contributed by atoms with Crippen molar-refractivity contribution in [1.82, 2.24) is 5.32 Å². The van der Waals surface area contributed by atoms with Gasteiger partial charge in [-0.1, -0.05) is 19.4 Å². The quantitative estimate of drug-likeness (QED) is 0.174. The summed E-state index contributed by atoms with van der Waals surface area (Å²) in [6.07, 6.45) is -0.511. The zero-order chi connectivity index (χ0) is 29.7. The zero-order valence-corrected chi connectivity index (χ0v) is 24.5. The van der Waals surface area contributed by atoms with Crippen LogP contribution in [0.1, 0.15) is 83.8 Å². The van der Waals surface area contributed by atoms with Crippen LogP contribution in [0.4, 0.5) is 18.0 Å². The number of nitrogens with one attached hydrogen (secondary N) is 1. The number of unbranched alkanes of at least 4 members (excludes halogenated alkanes) is 1. The summed E-state index contributed by atoms with van der Waals surface area (Å²) in [5.74, 6) is -0.188. The third-order valence-electron chi connectivity index (χ3n) is 6.36. The van der Waals surface area contributed by atoms with E-state index in [1.165, 1.54) is 13.2 Å². The average molecular weight is 578 g/mol. The van der Waals surface area contributed by atoms with Crippen LogP contribution in [0.3, 0.4) is 0 Å². The molecule has 0 saturated carbocycles. The van der Waals surface area contributed by atoms with Crippen molar-refractivity contribution in [3.63, 3.8) is 0 Å². The van der Waals surface area contributed by atoms with Gasteiger partial charge in [0.1, 0.15) is 18.1 Å². The molecule has 0 bridgehead atoms. The lowest BCUT2D eigenvalue weighted by Crippen LogP contribution is -2.54. The number of carbonyl (C=O) groups is 1. The minimum atomic E-state index is -4.57. The average Bonchev–Trinajstić information content (AvgIpc) is 2.87. The van der Waals surface area contributed by atoms with Crippen molar-refractivity contribution in [1.29, 1.82) is 0 Å². The molecule has 1 aliphatic heterocycles. The molecule has 0 radical (unpaired) electrons. The Labute approximate surface area is 236 Å². The highest BCUT2D eigenvalue weighted by Crippen LogP contribution is 2.37.